The lowest BCUT2D eigenvalue weighted by Gasteiger charge is -2.29. The van der Waals surface area contributed by atoms with Crippen LogP contribution in [-0.2, 0) is 0 Å². The molecule has 1 saturated carbocycles. The van der Waals surface area contributed by atoms with Crippen molar-refractivity contribution in [1.29, 1.82) is 0 Å². The minimum absolute atomic E-state index is 0.244. The second-order valence-electron chi connectivity index (χ2n) is 3.00. The average Bonchev–Trinajstić information content (AvgIpc) is 1.80. The Hall–Kier alpha value is -0.0800. The summed E-state index contributed by atoms with van der Waals surface area (Å²) < 4.78 is 0. The van der Waals surface area contributed by atoms with Crippen molar-refractivity contribution in [2.45, 2.75) is 31.3 Å². The topological polar surface area (TPSA) is 52.0 Å². The van der Waals surface area contributed by atoms with E-state index in [0.29, 0.717) is 12.0 Å². The van der Waals surface area contributed by atoms with Crippen molar-refractivity contribution in [3.05, 3.63) is 6.92 Å². The molecular formula is C7H15N2. The number of hydrogen-bond acceptors (Lipinski definition) is 2. The van der Waals surface area contributed by atoms with E-state index >= 15 is 0 Å². The first-order valence-corrected chi connectivity index (χ1v) is 3.54. The van der Waals surface area contributed by atoms with E-state index in [9.17, 15) is 0 Å². The molecule has 1 radical (unpaired) electrons. The second kappa shape index (κ2) is 2.67. The second-order valence-corrected chi connectivity index (χ2v) is 3.00. The highest BCUT2D eigenvalue weighted by atomic mass is 14.7. The molecule has 2 nitrogen and oxygen atoms in total. The molecule has 1 fully saturated rings. The first kappa shape index (κ1) is 7.03. The van der Waals surface area contributed by atoms with Crippen LogP contribution in [-0.4, -0.2) is 12.1 Å². The van der Waals surface area contributed by atoms with E-state index < -0.39 is 0 Å². The maximum absolute atomic E-state index is 5.73. The van der Waals surface area contributed by atoms with Crippen LogP contribution in [0.3, 0.4) is 0 Å². The van der Waals surface area contributed by atoms with Gasteiger partial charge in [0.25, 0.3) is 0 Å². The highest BCUT2D eigenvalue weighted by Crippen LogP contribution is 2.20. The summed E-state index contributed by atoms with van der Waals surface area (Å²) in [4.78, 5) is 0. The van der Waals surface area contributed by atoms with Crippen molar-refractivity contribution >= 4 is 0 Å². The summed E-state index contributed by atoms with van der Waals surface area (Å²) in [6, 6.07) is 0.576. The Morgan fingerprint density at radius 3 is 2.33 bits per heavy atom. The normalized spacial score (nSPS) is 45.0. The van der Waals surface area contributed by atoms with Crippen LogP contribution < -0.4 is 11.5 Å². The lowest BCUT2D eigenvalue weighted by Crippen LogP contribution is -2.40. The van der Waals surface area contributed by atoms with Gasteiger partial charge in [-0.3, -0.25) is 0 Å². The van der Waals surface area contributed by atoms with Crippen LogP contribution in [0.2, 0.25) is 0 Å². The predicted molar refractivity (Wildman–Crippen MR) is 38.6 cm³/mol. The van der Waals surface area contributed by atoms with E-state index in [1.54, 1.807) is 0 Å². The minimum atomic E-state index is 0.244. The van der Waals surface area contributed by atoms with E-state index in [1.807, 2.05) is 0 Å². The monoisotopic (exact) mass is 127 g/mol. The highest BCUT2D eigenvalue weighted by Gasteiger charge is 2.21. The van der Waals surface area contributed by atoms with Gasteiger partial charge in [0.2, 0.25) is 0 Å². The highest BCUT2D eigenvalue weighted by molar-refractivity contribution is 4.85. The standard InChI is InChI=1S/C7H15N2/c1-5-2-3-6(8)4-7(5)9/h5-7H,1-4,8-9H2. The molecule has 0 aromatic heterocycles. The lowest BCUT2D eigenvalue weighted by molar-refractivity contribution is 0.325. The molecule has 0 spiro atoms. The van der Waals surface area contributed by atoms with E-state index in [0.717, 1.165) is 19.3 Å². The van der Waals surface area contributed by atoms with Crippen molar-refractivity contribution in [1.82, 2.24) is 0 Å². The molecular weight excluding hydrogens is 112 g/mol. The summed E-state index contributed by atoms with van der Waals surface area (Å²) >= 11 is 0. The number of nitrogens with two attached hydrogens (primary N) is 2. The van der Waals surface area contributed by atoms with E-state index in [1.165, 1.54) is 0 Å². The minimum Gasteiger partial charge on any atom is -0.328 e. The molecule has 0 bridgehead atoms. The van der Waals surface area contributed by atoms with Gasteiger partial charge in [0, 0.05) is 12.1 Å². The molecule has 1 aliphatic carbocycles. The zero-order valence-corrected chi connectivity index (χ0v) is 5.72. The molecule has 0 saturated heterocycles. The van der Waals surface area contributed by atoms with Crippen molar-refractivity contribution in [3.63, 3.8) is 0 Å². The summed E-state index contributed by atoms with van der Waals surface area (Å²) in [5.41, 5.74) is 11.4. The molecule has 53 valence electrons. The Balaban J connectivity index is 2.35. The molecule has 3 unspecified atom stereocenters. The predicted octanol–water partition coefficient (Wildman–Crippen LogP) is 0.275. The van der Waals surface area contributed by atoms with Crippen LogP contribution in [0, 0.1) is 12.8 Å². The molecule has 0 aromatic rings. The van der Waals surface area contributed by atoms with Gasteiger partial charge in [-0.25, -0.2) is 0 Å². The summed E-state index contributed by atoms with van der Waals surface area (Å²) in [6.07, 6.45) is 3.15. The molecule has 0 aliphatic heterocycles. The van der Waals surface area contributed by atoms with Gasteiger partial charge in [-0.1, -0.05) is 0 Å². The Labute approximate surface area is 56.6 Å². The van der Waals surface area contributed by atoms with Crippen LogP contribution in [0.5, 0.6) is 0 Å². The van der Waals surface area contributed by atoms with E-state index in [-0.39, 0.29) is 6.04 Å². The zero-order valence-electron chi connectivity index (χ0n) is 5.72. The van der Waals surface area contributed by atoms with Gasteiger partial charge in [-0.15, -0.1) is 0 Å². The lowest BCUT2D eigenvalue weighted by atomic mass is 9.84. The molecule has 0 heterocycles. The third-order valence-electron chi connectivity index (χ3n) is 2.09. The molecule has 2 heteroatoms. The van der Waals surface area contributed by atoms with Gasteiger partial charge < -0.3 is 11.5 Å². The van der Waals surface area contributed by atoms with Crippen molar-refractivity contribution in [2.75, 3.05) is 0 Å². The molecule has 1 rings (SSSR count). The maximum Gasteiger partial charge on any atom is 0.00819 e. The molecule has 4 N–H and O–H groups in total. The zero-order chi connectivity index (χ0) is 6.85. The van der Waals surface area contributed by atoms with Crippen LogP contribution >= 0.6 is 0 Å². The van der Waals surface area contributed by atoms with Crippen molar-refractivity contribution < 1.29 is 0 Å². The molecule has 0 amide bonds. The van der Waals surface area contributed by atoms with Gasteiger partial charge in [0.15, 0.2) is 0 Å². The van der Waals surface area contributed by atoms with E-state index in [4.69, 9.17) is 11.5 Å². The first-order chi connectivity index (χ1) is 4.20. The van der Waals surface area contributed by atoms with Crippen LogP contribution in [0.25, 0.3) is 0 Å². The van der Waals surface area contributed by atoms with Gasteiger partial charge in [0.05, 0.1) is 0 Å². The van der Waals surface area contributed by atoms with Gasteiger partial charge >= 0.3 is 0 Å². The Morgan fingerprint density at radius 1 is 1.22 bits per heavy atom. The van der Waals surface area contributed by atoms with Crippen molar-refractivity contribution in [2.24, 2.45) is 17.4 Å². The third-order valence-corrected chi connectivity index (χ3v) is 2.09. The number of hydrogen-bond donors (Lipinski definition) is 2. The van der Waals surface area contributed by atoms with Gasteiger partial charge in [0.1, 0.15) is 0 Å². The largest absolute Gasteiger partial charge is 0.328 e. The van der Waals surface area contributed by atoms with Gasteiger partial charge in [-0.2, -0.15) is 0 Å². The summed E-state index contributed by atoms with van der Waals surface area (Å²) in [5, 5.41) is 0. The average molecular weight is 127 g/mol. The van der Waals surface area contributed by atoms with E-state index in [2.05, 4.69) is 6.92 Å². The smallest absolute Gasteiger partial charge is 0.00819 e. The fraction of sp³-hybridized carbons (Fsp3) is 0.857. The molecule has 1 aliphatic rings. The Bertz CT molecular complexity index is 92.9. The fourth-order valence-electron chi connectivity index (χ4n) is 1.30. The first-order valence-electron chi connectivity index (χ1n) is 3.54. The van der Waals surface area contributed by atoms with Crippen LogP contribution in [0.1, 0.15) is 19.3 Å². The molecule has 3 atom stereocenters. The molecule has 9 heavy (non-hydrogen) atoms. The summed E-state index contributed by atoms with van der Waals surface area (Å²) in [7, 11) is 0. The fourth-order valence-corrected chi connectivity index (χ4v) is 1.30. The third kappa shape index (κ3) is 1.66. The molecule has 0 aromatic carbocycles. The maximum atomic E-state index is 5.73. The Morgan fingerprint density at radius 2 is 1.89 bits per heavy atom. The number of rotatable bonds is 0. The Kier molecular flexibility index (Phi) is 2.09. The van der Waals surface area contributed by atoms with Gasteiger partial charge in [-0.05, 0) is 32.1 Å². The summed E-state index contributed by atoms with van der Waals surface area (Å²) in [5.74, 6) is 0.435. The van der Waals surface area contributed by atoms with Crippen molar-refractivity contribution in [3.8, 4) is 0 Å². The van der Waals surface area contributed by atoms with Crippen LogP contribution in [0.4, 0.5) is 0 Å². The van der Waals surface area contributed by atoms with Crippen LogP contribution in [0.15, 0.2) is 0 Å². The quantitative estimate of drug-likeness (QED) is 0.491. The summed E-state index contributed by atoms with van der Waals surface area (Å²) in [6.45, 7) is 3.93. The SMILES string of the molecule is [CH2]C1CCC(N)CC1N.